The van der Waals surface area contributed by atoms with Crippen LogP contribution in [0.25, 0.3) is 55.0 Å². The first-order valence-corrected chi connectivity index (χ1v) is 18.7. The second-order valence-electron chi connectivity index (χ2n) is 17.4. The normalized spacial score (nSPS) is 16.9. The van der Waals surface area contributed by atoms with Crippen LogP contribution in [0.5, 0.6) is 0 Å². The fourth-order valence-corrected chi connectivity index (χ4v) is 10.6. The Morgan fingerprint density at radius 3 is 1.00 bits per heavy atom. The maximum Gasteiger partial charge on any atom is 0.0541 e. The van der Waals surface area contributed by atoms with E-state index in [1.807, 2.05) is 0 Å². The summed E-state index contributed by atoms with van der Waals surface area (Å²) in [6.07, 6.45) is 2.24. The first kappa shape index (κ1) is 30.7. The molecule has 1 spiro atoms. The Balaban J connectivity index is 1.16. The molecule has 8 aromatic rings. The van der Waals surface area contributed by atoms with Crippen molar-refractivity contribution in [3.63, 3.8) is 0 Å². The Morgan fingerprint density at radius 2 is 0.686 bits per heavy atom. The second kappa shape index (κ2) is 10.0. The molecule has 2 aliphatic rings. The molecule has 0 saturated heterocycles. The van der Waals surface area contributed by atoms with Gasteiger partial charge in [0, 0.05) is 38.3 Å². The average molecular weight is 663 g/mol. The fourth-order valence-electron chi connectivity index (χ4n) is 10.6. The van der Waals surface area contributed by atoms with Crippen molar-refractivity contribution in [2.45, 2.75) is 84.5 Å². The molecule has 252 valence electrons. The highest BCUT2D eigenvalue weighted by molar-refractivity contribution is 6.10. The predicted octanol–water partition coefficient (Wildman–Crippen LogP) is 12.8. The summed E-state index contributed by atoms with van der Waals surface area (Å²) in [6, 6.07) is 42.5. The van der Waals surface area contributed by atoms with E-state index in [-0.39, 0.29) is 16.2 Å². The first-order valence-electron chi connectivity index (χ1n) is 18.7. The highest BCUT2D eigenvalue weighted by Gasteiger charge is 2.56. The summed E-state index contributed by atoms with van der Waals surface area (Å²) < 4.78 is 5.00. The molecular formula is C49H46N2. The standard InChI is InChI=1S/C49H46N2/c1-29-9-17-43-35(21-29)36-22-30(2)10-18-44(36)50(43)33-13-15-39-41(25-33)47(5,6)27-49(39)28-48(7,8)42-26-34(14-16-40(42)49)51-45-19-11-31(3)23-37(45)38-24-32(4)12-20-46(38)51/h9-26H,27-28H2,1-8H3. The van der Waals surface area contributed by atoms with Crippen molar-refractivity contribution in [2.24, 2.45) is 0 Å². The smallest absolute Gasteiger partial charge is 0.0541 e. The minimum atomic E-state index is -0.0151. The van der Waals surface area contributed by atoms with Gasteiger partial charge in [0.25, 0.3) is 0 Å². The van der Waals surface area contributed by atoms with Gasteiger partial charge in [-0.3, -0.25) is 0 Å². The summed E-state index contributed by atoms with van der Waals surface area (Å²) >= 11 is 0. The largest absolute Gasteiger partial charge is 0.309 e. The lowest BCUT2D eigenvalue weighted by Crippen LogP contribution is -2.26. The number of nitrogens with zero attached hydrogens (tertiary/aromatic N) is 2. The summed E-state index contributed by atoms with van der Waals surface area (Å²) in [4.78, 5) is 0. The molecular weight excluding hydrogens is 617 g/mol. The number of aromatic nitrogens is 2. The third-order valence-electron chi connectivity index (χ3n) is 12.7. The van der Waals surface area contributed by atoms with Crippen LogP contribution in [0.2, 0.25) is 0 Å². The maximum atomic E-state index is 2.53. The highest BCUT2D eigenvalue weighted by atomic mass is 15.0. The monoisotopic (exact) mass is 662 g/mol. The Kier molecular flexibility index (Phi) is 6.04. The van der Waals surface area contributed by atoms with Gasteiger partial charge in [-0.2, -0.15) is 0 Å². The van der Waals surface area contributed by atoms with Gasteiger partial charge in [0.15, 0.2) is 0 Å². The van der Waals surface area contributed by atoms with E-state index in [1.54, 1.807) is 0 Å². The molecule has 2 heterocycles. The topological polar surface area (TPSA) is 9.86 Å². The number of benzene rings is 6. The zero-order chi connectivity index (χ0) is 35.2. The number of hydrogen-bond donors (Lipinski definition) is 0. The lowest BCUT2D eigenvalue weighted by atomic mass is 9.72. The van der Waals surface area contributed by atoms with Gasteiger partial charge in [-0.25, -0.2) is 0 Å². The third-order valence-corrected chi connectivity index (χ3v) is 12.7. The minimum Gasteiger partial charge on any atom is -0.309 e. The molecule has 6 aromatic carbocycles. The van der Waals surface area contributed by atoms with E-state index in [2.05, 4.69) is 174 Å². The summed E-state index contributed by atoms with van der Waals surface area (Å²) in [5.41, 5.74) is 18.9. The van der Waals surface area contributed by atoms with Gasteiger partial charge >= 0.3 is 0 Å². The van der Waals surface area contributed by atoms with Crippen molar-refractivity contribution in [1.29, 1.82) is 0 Å². The molecule has 51 heavy (non-hydrogen) atoms. The first-order chi connectivity index (χ1) is 24.3. The van der Waals surface area contributed by atoms with Crippen LogP contribution in [0.3, 0.4) is 0 Å². The molecule has 0 bridgehead atoms. The predicted molar refractivity (Wildman–Crippen MR) is 217 cm³/mol. The lowest BCUT2D eigenvalue weighted by Gasteiger charge is -2.30. The zero-order valence-electron chi connectivity index (χ0n) is 31.2. The molecule has 0 atom stereocenters. The van der Waals surface area contributed by atoms with Crippen molar-refractivity contribution in [3.05, 3.63) is 154 Å². The van der Waals surface area contributed by atoms with Crippen LogP contribution < -0.4 is 0 Å². The van der Waals surface area contributed by atoms with E-state index in [0.717, 1.165) is 12.8 Å². The van der Waals surface area contributed by atoms with Crippen LogP contribution in [0.1, 0.15) is 85.0 Å². The molecule has 2 aliphatic carbocycles. The Morgan fingerprint density at radius 1 is 0.373 bits per heavy atom. The van der Waals surface area contributed by atoms with Crippen LogP contribution in [0.15, 0.2) is 109 Å². The Hall–Kier alpha value is -5.08. The molecule has 0 amide bonds. The van der Waals surface area contributed by atoms with Gasteiger partial charge in [-0.15, -0.1) is 0 Å². The summed E-state index contributed by atoms with van der Waals surface area (Å²) in [6.45, 7) is 18.7. The molecule has 0 radical (unpaired) electrons. The quantitative estimate of drug-likeness (QED) is 0.174. The van der Waals surface area contributed by atoms with E-state index in [0.29, 0.717) is 0 Å². The van der Waals surface area contributed by atoms with Gasteiger partial charge in [-0.05, 0) is 146 Å². The number of hydrogen-bond acceptors (Lipinski definition) is 0. The SMILES string of the molecule is Cc1ccc2c(c1)c1cc(C)ccc1n2-c1ccc2c(c1)C(C)(C)CC21CC(C)(C)c2cc(-n3c4ccc(C)cc4c4cc(C)ccc43)ccc21. The molecule has 0 saturated carbocycles. The molecule has 10 rings (SSSR count). The minimum absolute atomic E-state index is 0.0151. The molecule has 2 heteroatoms. The molecule has 0 N–H and O–H groups in total. The van der Waals surface area contributed by atoms with Gasteiger partial charge in [0.1, 0.15) is 0 Å². The van der Waals surface area contributed by atoms with Gasteiger partial charge in [0.05, 0.1) is 22.1 Å². The highest BCUT2D eigenvalue weighted by Crippen LogP contribution is 2.63. The average Bonchev–Trinajstić information content (AvgIpc) is 3.72. The molecule has 0 aliphatic heterocycles. The van der Waals surface area contributed by atoms with Crippen LogP contribution in [0, 0.1) is 27.7 Å². The number of rotatable bonds is 2. The number of aryl methyl sites for hydroxylation is 4. The summed E-state index contributed by atoms with van der Waals surface area (Å²) in [5.74, 6) is 0. The second-order valence-corrected chi connectivity index (χ2v) is 17.4. The molecule has 0 unspecified atom stereocenters. The third kappa shape index (κ3) is 4.17. The van der Waals surface area contributed by atoms with Crippen molar-refractivity contribution in [3.8, 4) is 11.4 Å². The summed E-state index contributed by atoms with van der Waals surface area (Å²) in [5, 5.41) is 5.34. The maximum absolute atomic E-state index is 2.53. The van der Waals surface area contributed by atoms with Crippen molar-refractivity contribution < 1.29 is 0 Å². The molecule has 2 aromatic heterocycles. The van der Waals surface area contributed by atoms with Gasteiger partial charge in [0.2, 0.25) is 0 Å². The zero-order valence-corrected chi connectivity index (χ0v) is 31.2. The van der Waals surface area contributed by atoms with Crippen molar-refractivity contribution in [1.82, 2.24) is 9.13 Å². The molecule has 2 nitrogen and oxygen atoms in total. The van der Waals surface area contributed by atoms with E-state index >= 15 is 0 Å². The summed E-state index contributed by atoms with van der Waals surface area (Å²) in [7, 11) is 0. The Bertz CT molecular complexity index is 2480. The van der Waals surface area contributed by atoms with E-state index in [4.69, 9.17) is 0 Å². The number of fused-ring (bicyclic) bond motifs is 10. The van der Waals surface area contributed by atoms with E-state index in [9.17, 15) is 0 Å². The Labute approximate surface area is 301 Å². The lowest BCUT2D eigenvalue weighted by molar-refractivity contribution is 0.349. The van der Waals surface area contributed by atoms with Crippen molar-refractivity contribution in [2.75, 3.05) is 0 Å². The van der Waals surface area contributed by atoms with Crippen molar-refractivity contribution >= 4 is 43.6 Å². The van der Waals surface area contributed by atoms with Crippen LogP contribution in [0.4, 0.5) is 0 Å². The van der Waals surface area contributed by atoms with Crippen LogP contribution in [-0.4, -0.2) is 9.13 Å². The van der Waals surface area contributed by atoms with E-state index < -0.39 is 0 Å². The molecule has 0 fully saturated rings. The van der Waals surface area contributed by atoms with E-state index in [1.165, 1.54) is 99.5 Å². The van der Waals surface area contributed by atoms with Gasteiger partial charge in [-0.1, -0.05) is 86.3 Å². The van der Waals surface area contributed by atoms with Gasteiger partial charge < -0.3 is 9.13 Å². The fraction of sp³-hybridized carbons (Fsp3) is 0.265. The van der Waals surface area contributed by atoms with Crippen LogP contribution in [-0.2, 0) is 16.2 Å². The van der Waals surface area contributed by atoms with Crippen LogP contribution >= 0.6 is 0 Å².